The van der Waals surface area contributed by atoms with Crippen molar-refractivity contribution in [1.29, 1.82) is 0 Å². The highest BCUT2D eigenvalue weighted by Crippen LogP contribution is 2.34. The molecule has 0 spiro atoms. The maximum Gasteiger partial charge on any atom is 0.264 e. The van der Waals surface area contributed by atoms with Crippen molar-refractivity contribution in [3.8, 4) is 11.5 Å². The average molecular weight is 540 g/mol. The lowest BCUT2D eigenvalue weighted by Crippen LogP contribution is -2.50. The van der Waals surface area contributed by atoms with Crippen molar-refractivity contribution >= 4 is 27.5 Å². The van der Waals surface area contributed by atoms with E-state index in [4.69, 9.17) is 9.47 Å². The maximum atomic E-state index is 13.9. The van der Waals surface area contributed by atoms with Gasteiger partial charge in [0.05, 0.1) is 24.8 Å². The number of carbonyl (C=O) groups is 2. The molecule has 0 aliphatic carbocycles. The standard InChI is InChI=1S/C28H33N3O6S/c1-20-11-14-24(15-12-20)38(34,35)31(23-13-16-25(36-4)26(17-23)37-5)19-27(32)30(21(2)28(33)29-3)18-22-9-7-6-8-10-22/h6-17,21H,18-19H2,1-5H3,(H,29,33)/t21-/m0/s1. The van der Waals surface area contributed by atoms with Crippen LogP contribution in [0.1, 0.15) is 18.1 Å². The van der Waals surface area contributed by atoms with E-state index in [-0.39, 0.29) is 23.0 Å². The molecule has 0 fully saturated rings. The van der Waals surface area contributed by atoms with Crippen LogP contribution in [0.25, 0.3) is 0 Å². The summed E-state index contributed by atoms with van der Waals surface area (Å²) in [7, 11) is 0.227. The van der Waals surface area contributed by atoms with Gasteiger partial charge in [-0.25, -0.2) is 8.42 Å². The van der Waals surface area contributed by atoms with Crippen LogP contribution in [0.15, 0.2) is 77.7 Å². The molecule has 38 heavy (non-hydrogen) atoms. The van der Waals surface area contributed by atoms with Crippen LogP contribution in [0.3, 0.4) is 0 Å². The number of ether oxygens (including phenoxy) is 2. The van der Waals surface area contributed by atoms with Crippen molar-refractivity contribution < 1.29 is 27.5 Å². The number of benzene rings is 3. The number of anilines is 1. The van der Waals surface area contributed by atoms with Gasteiger partial charge in [0, 0.05) is 19.7 Å². The zero-order valence-corrected chi connectivity index (χ0v) is 23.0. The summed E-state index contributed by atoms with van der Waals surface area (Å²) >= 11 is 0. The topological polar surface area (TPSA) is 105 Å². The first-order chi connectivity index (χ1) is 18.1. The minimum atomic E-state index is -4.18. The molecule has 0 aliphatic heterocycles. The van der Waals surface area contributed by atoms with E-state index < -0.39 is 28.5 Å². The normalized spacial score (nSPS) is 11.8. The highest BCUT2D eigenvalue weighted by Gasteiger charge is 2.32. The third kappa shape index (κ3) is 6.44. The monoisotopic (exact) mass is 539 g/mol. The van der Waals surface area contributed by atoms with Gasteiger partial charge in [-0.1, -0.05) is 48.0 Å². The Balaban J connectivity index is 2.08. The van der Waals surface area contributed by atoms with Crippen LogP contribution in [-0.2, 0) is 26.2 Å². The lowest BCUT2D eigenvalue weighted by molar-refractivity contribution is -0.139. The SMILES string of the molecule is CNC(=O)[C@H](C)N(Cc1ccccc1)C(=O)CN(c1ccc(OC)c(OC)c1)S(=O)(=O)c1ccc(C)cc1. The second-order valence-corrected chi connectivity index (χ2v) is 10.5. The van der Waals surface area contributed by atoms with Crippen LogP contribution in [0, 0.1) is 6.92 Å². The number of nitrogens with one attached hydrogen (secondary N) is 1. The molecule has 2 amide bonds. The summed E-state index contributed by atoms with van der Waals surface area (Å²) in [6.07, 6.45) is 0. The lowest BCUT2D eigenvalue weighted by atomic mass is 10.1. The fourth-order valence-corrected chi connectivity index (χ4v) is 5.32. The van der Waals surface area contributed by atoms with Crippen LogP contribution in [0.2, 0.25) is 0 Å². The van der Waals surface area contributed by atoms with E-state index in [2.05, 4.69) is 5.32 Å². The van der Waals surface area contributed by atoms with E-state index in [0.29, 0.717) is 11.5 Å². The Morgan fingerprint density at radius 1 is 0.921 bits per heavy atom. The van der Waals surface area contributed by atoms with E-state index in [0.717, 1.165) is 15.4 Å². The summed E-state index contributed by atoms with van der Waals surface area (Å²) in [5.74, 6) is -0.195. The number of aryl methyl sites for hydroxylation is 1. The van der Waals surface area contributed by atoms with Crippen LogP contribution in [0.5, 0.6) is 11.5 Å². The minimum Gasteiger partial charge on any atom is -0.493 e. The Labute approximate surface area is 224 Å². The molecule has 0 bridgehead atoms. The van der Waals surface area contributed by atoms with Gasteiger partial charge in [0.15, 0.2) is 11.5 Å². The van der Waals surface area contributed by atoms with Gasteiger partial charge in [-0.05, 0) is 43.7 Å². The minimum absolute atomic E-state index is 0.0274. The number of amides is 2. The molecule has 3 aromatic rings. The van der Waals surface area contributed by atoms with Crippen molar-refractivity contribution in [2.75, 3.05) is 32.1 Å². The molecular weight excluding hydrogens is 506 g/mol. The predicted molar refractivity (Wildman–Crippen MR) is 146 cm³/mol. The number of hydrogen-bond donors (Lipinski definition) is 1. The molecule has 0 heterocycles. The molecule has 0 unspecified atom stereocenters. The smallest absolute Gasteiger partial charge is 0.264 e. The second-order valence-electron chi connectivity index (χ2n) is 8.66. The van der Waals surface area contributed by atoms with E-state index in [1.54, 1.807) is 31.2 Å². The first kappa shape index (κ1) is 28.5. The summed E-state index contributed by atoms with van der Waals surface area (Å²) in [6.45, 7) is 3.04. The molecule has 202 valence electrons. The quantitative estimate of drug-likeness (QED) is 0.401. The van der Waals surface area contributed by atoms with Crippen molar-refractivity contribution in [3.05, 3.63) is 83.9 Å². The first-order valence-corrected chi connectivity index (χ1v) is 13.4. The Bertz CT molecular complexity index is 1360. The Morgan fingerprint density at radius 2 is 1.55 bits per heavy atom. The van der Waals surface area contributed by atoms with Crippen molar-refractivity contribution in [2.45, 2.75) is 31.3 Å². The number of methoxy groups -OCH3 is 2. The van der Waals surface area contributed by atoms with Gasteiger partial charge in [0.25, 0.3) is 10.0 Å². The molecule has 0 saturated heterocycles. The number of sulfonamides is 1. The molecule has 1 N–H and O–H groups in total. The van der Waals surface area contributed by atoms with E-state index >= 15 is 0 Å². The summed E-state index contributed by atoms with van der Waals surface area (Å²) in [5.41, 5.74) is 1.91. The molecule has 10 heteroatoms. The molecule has 1 atom stereocenters. The van der Waals surface area contributed by atoms with Gasteiger partial charge in [-0.3, -0.25) is 13.9 Å². The number of likely N-dealkylation sites (N-methyl/N-ethyl adjacent to an activating group) is 1. The zero-order chi connectivity index (χ0) is 27.9. The summed E-state index contributed by atoms with van der Waals surface area (Å²) in [5, 5.41) is 2.56. The largest absolute Gasteiger partial charge is 0.493 e. The van der Waals surface area contributed by atoms with E-state index in [1.807, 2.05) is 37.3 Å². The summed E-state index contributed by atoms with van der Waals surface area (Å²) in [6, 6.07) is 19.4. The number of hydrogen-bond acceptors (Lipinski definition) is 6. The van der Waals surface area contributed by atoms with Gasteiger partial charge in [-0.15, -0.1) is 0 Å². The maximum absolute atomic E-state index is 13.9. The third-order valence-electron chi connectivity index (χ3n) is 6.15. The third-order valence-corrected chi connectivity index (χ3v) is 7.94. The molecule has 0 aromatic heterocycles. The van der Waals surface area contributed by atoms with Gasteiger partial charge < -0.3 is 19.7 Å². The predicted octanol–water partition coefficient (Wildman–Crippen LogP) is 3.37. The van der Waals surface area contributed by atoms with Crippen LogP contribution in [-0.4, -0.2) is 59.0 Å². The van der Waals surface area contributed by atoms with Gasteiger partial charge in [0.1, 0.15) is 12.6 Å². The second kappa shape index (κ2) is 12.5. The summed E-state index contributed by atoms with van der Waals surface area (Å²) < 4.78 is 39.5. The average Bonchev–Trinajstić information content (AvgIpc) is 2.93. The van der Waals surface area contributed by atoms with Crippen LogP contribution < -0.4 is 19.1 Å². The molecule has 0 aliphatic rings. The Morgan fingerprint density at radius 3 is 2.13 bits per heavy atom. The zero-order valence-electron chi connectivity index (χ0n) is 22.2. The number of rotatable bonds is 11. The van der Waals surface area contributed by atoms with Gasteiger partial charge >= 0.3 is 0 Å². The van der Waals surface area contributed by atoms with Crippen LogP contribution >= 0.6 is 0 Å². The highest BCUT2D eigenvalue weighted by atomic mass is 32.2. The van der Waals surface area contributed by atoms with Crippen molar-refractivity contribution in [2.24, 2.45) is 0 Å². The fourth-order valence-electron chi connectivity index (χ4n) is 3.92. The number of carbonyl (C=O) groups excluding carboxylic acids is 2. The first-order valence-electron chi connectivity index (χ1n) is 12.0. The Kier molecular flexibility index (Phi) is 9.35. The Hall–Kier alpha value is -4.05. The summed E-state index contributed by atoms with van der Waals surface area (Å²) in [4.78, 5) is 27.7. The molecule has 9 nitrogen and oxygen atoms in total. The molecule has 3 aromatic carbocycles. The lowest BCUT2D eigenvalue weighted by Gasteiger charge is -2.32. The van der Waals surface area contributed by atoms with Gasteiger partial charge in [-0.2, -0.15) is 0 Å². The number of nitrogens with zero attached hydrogens (tertiary/aromatic N) is 2. The molecule has 0 saturated carbocycles. The van der Waals surface area contributed by atoms with E-state index in [1.165, 1.54) is 44.4 Å². The van der Waals surface area contributed by atoms with Crippen molar-refractivity contribution in [1.82, 2.24) is 10.2 Å². The highest BCUT2D eigenvalue weighted by molar-refractivity contribution is 7.92. The van der Waals surface area contributed by atoms with Crippen LogP contribution in [0.4, 0.5) is 5.69 Å². The van der Waals surface area contributed by atoms with Crippen molar-refractivity contribution in [3.63, 3.8) is 0 Å². The van der Waals surface area contributed by atoms with Gasteiger partial charge in [0.2, 0.25) is 11.8 Å². The molecule has 0 radical (unpaired) electrons. The van der Waals surface area contributed by atoms with E-state index in [9.17, 15) is 18.0 Å². The fraction of sp³-hybridized carbons (Fsp3) is 0.286. The molecular formula is C28H33N3O6S. The molecule has 3 rings (SSSR count).